The second kappa shape index (κ2) is 5.33. The van der Waals surface area contributed by atoms with E-state index in [1.165, 1.54) is 0 Å². The predicted molar refractivity (Wildman–Crippen MR) is 85.6 cm³/mol. The molecule has 2 aromatic carbocycles. The molecular formula is C16H13BrN2O2. The molecule has 5 heteroatoms. The summed E-state index contributed by atoms with van der Waals surface area (Å²) in [6.45, 7) is 1.99. The Hall–Kier alpha value is -2.14. The summed E-state index contributed by atoms with van der Waals surface area (Å²) in [6, 6.07) is 11.0. The van der Waals surface area contributed by atoms with E-state index in [4.69, 9.17) is 0 Å². The van der Waals surface area contributed by atoms with Crippen LogP contribution in [-0.4, -0.2) is 11.8 Å². The van der Waals surface area contributed by atoms with Gasteiger partial charge in [0.15, 0.2) is 0 Å². The van der Waals surface area contributed by atoms with E-state index in [0.29, 0.717) is 12.0 Å². The highest BCUT2D eigenvalue weighted by Crippen LogP contribution is 2.26. The van der Waals surface area contributed by atoms with Crippen molar-refractivity contribution in [3.63, 3.8) is 0 Å². The van der Waals surface area contributed by atoms with Crippen molar-refractivity contribution in [1.82, 2.24) is 0 Å². The molecule has 1 heterocycles. The molecule has 0 saturated heterocycles. The van der Waals surface area contributed by atoms with Crippen molar-refractivity contribution in [3.8, 4) is 0 Å². The number of carbonyl (C=O) groups is 2. The Labute approximate surface area is 130 Å². The zero-order chi connectivity index (χ0) is 15.0. The first kappa shape index (κ1) is 13.8. The Morgan fingerprint density at radius 3 is 2.81 bits per heavy atom. The minimum absolute atomic E-state index is 0.0381. The van der Waals surface area contributed by atoms with Crippen LogP contribution >= 0.6 is 15.9 Å². The van der Waals surface area contributed by atoms with Gasteiger partial charge in [-0.05, 0) is 64.3 Å². The van der Waals surface area contributed by atoms with E-state index in [9.17, 15) is 9.59 Å². The number of nitrogens with one attached hydrogen (secondary N) is 2. The maximum atomic E-state index is 12.3. The van der Waals surface area contributed by atoms with Gasteiger partial charge in [0.1, 0.15) is 0 Å². The molecule has 0 bridgehead atoms. The van der Waals surface area contributed by atoms with E-state index in [1.54, 1.807) is 18.2 Å². The summed E-state index contributed by atoms with van der Waals surface area (Å²) in [5.74, 6) is -0.231. The van der Waals surface area contributed by atoms with Crippen LogP contribution in [0, 0.1) is 6.92 Å². The van der Waals surface area contributed by atoms with Crippen molar-refractivity contribution in [2.45, 2.75) is 13.3 Å². The molecule has 2 aromatic rings. The molecule has 2 N–H and O–H groups in total. The van der Waals surface area contributed by atoms with E-state index in [0.717, 1.165) is 27.0 Å². The van der Waals surface area contributed by atoms with Crippen LogP contribution in [0.4, 0.5) is 11.4 Å². The first-order valence-electron chi connectivity index (χ1n) is 6.53. The minimum atomic E-state index is -0.193. The molecule has 0 spiro atoms. The normalized spacial score (nSPS) is 12.8. The van der Waals surface area contributed by atoms with E-state index in [-0.39, 0.29) is 11.8 Å². The van der Waals surface area contributed by atoms with Gasteiger partial charge >= 0.3 is 0 Å². The molecule has 2 amide bonds. The standard InChI is InChI=1S/C16H13BrN2O2/c1-9-2-4-14(12(17)6-9)19-16(21)10-3-5-13-11(7-10)8-15(20)18-13/h2-7H,8H2,1H3,(H,18,20)(H,19,21). The van der Waals surface area contributed by atoms with Crippen LogP contribution in [0.1, 0.15) is 21.5 Å². The van der Waals surface area contributed by atoms with Gasteiger partial charge in [0.2, 0.25) is 5.91 Å². The molecule has 106 valence electrons. The second-order valence-corrected chi connectivity index (χ2v) is 5.89. The van der Waals surface area contributed by atoms with Gasteiger partial charge in [0.05, 0.1) is 12.1 Å². The van der Waals surface area contributed by atoms with Crippen LogP contribution in [0.2, 0.25) is 0 Å². The summed E-state index contributed by atoms with van der Waals surface area (Å²) in [5.41, 5.74) is 4.02. The predicted octanol–water partition coefficient (Wildman–Crippen LogP) is 3.50. The first-order valence-corrected chi connectivity index (χ1v) is 7.32. The molecule has 0 fully saturated rings. The van der Waals surface area contributed by atoms with E-state index >= 15 is 0 Å². The molecular weight excluding hydrogens is 332 g/mol. The molecule has 3 rings (SSSR count). The molecule has 21 heavy (non-hydrogen) atoms. The van der Waals surface area contributed by atoms with Crippen LogP contribution in [0.5, 0.6) is 0 Å². The number of hydrogen-bond donors (Lipinski definition) is 2. The molecule has 0 aliphatic carbocycles. The fourth-order valence-electron chi connectivity index (χ4n) is 2.29. The zero-order valence-corrected chi connectivity index (χ0v) is 13.0. The van der Waals surface area contributed by atoms with Crippen molar-refractivity contribution >= 4 is 39.1 Å². The second-order valence-electron chi connectivity index (χ2n) is 5.03. The lowest BCUT2D eigenvalue weighted by molar-refractivity contribution is -0.115. The van der Waals surface area contributed by atoms with E-state index in [2.05, 4.69) is 26.6 Å². The average molecular weight is 345 g/mol. The summed E-state index contributed by atoms with van der Waals surface area (Å²) in [6.07, 6.45) is 0.324. The maximum absolute atomic E-state index is 12.3. The Bertz CT molecular complexity index is 756. The number of rotatable bonds is 2. The van der Waals surface area contributed by atoms with Gasteiger partial charge in [-0.1, -0.05) is 6.07 Å². The van der Waals surface area contributed by atoms with Gasteiger partial charge in [-0.3, -0.25) is 9.59 Å². The summed E-state index contributed by atoms with van der Waals surface area (Å²) >= 11 is 3.44. The van der Waals surface area contributed by atoms with Gasteiger partial charge in [-0.25, -0.2) is 0 Å². The lowest BCUT2D eigenvalue weighted by Gasteiger charge is -2.09. The highest BCUT2D eigenvalue weighted by Gasteiger charge is 2.19. The van der Waals surface area contributed by atoms with Crippen LogP contribution in [0.15, 0.2) is 40.9 Å². The van der Waals surface area contributed by atoms with Gasteiger partial charge in [0.25, 0.3) is 5.91 Å². The van der Waals surface area contributed by atoms with Gasteiger partial charge in [0, 0.05) is 15.7 Å². The minimum Gasteiger partial charge on any atom is -0.326 e. The maximum Gasteiger partial charge on any atom is 0.255 e. The van der Waals surface area contributed by atoms with Crippen molar-refractivity contribution in [2.75, 3.05) is 10.6 Å². The average Bonchev–Trinajstić information content (AvgIpc) is 2.80. The summed E-state index contributed by atoms with van der Waals surface area (Å²) in [5, 5.41) is 5.62. The lowest BCUT2D eigenvalue weighted by Crippen LogP contribution is -2.12. The third kappa shape index (κ3) is 2.83. The number of hydrogen-bond acceptors (Lipinski definition) is 2. The van der Waals surface area contributed by atoms with Gasteiger partial charge < -0.3 is 10.6 Å². The fourth-order valence-corrected chi connectivity index (χ4v) is 2.88. The molecule has 1 aliphatic heterocycles. The number of fused-ring (bicyclic) bond motifs is 1. The molecule has 0 unspecified atom stereocenters. The van der Waals surface area contributed by atoms with Gasteiger partial charge in [-0.15, -0.1) is 0 Å². The number of anilines is 2. The zero-order valence-electron chi connectivity index (χ0n) is 11.4. The fraction of sp³-hybridized carbons (Fsp3) is 0.125. The van der Waals surface area contributed by atoms with Gasteiger partial charge in [-0.2, -0.15) is 0 Å². The third-order valence-electron chi connectivity index (χ3n) is 3.37. The third-order valence-corrected chi connectivity index (χ3v) is 4.02. The number of amides is 2. The van der Waals surface area contributed by atoms with E-state index < -0.39 is 0 Å². The van der Waals surface area contributed by atoms with Crippen LogP contribution in [0.25, 0.3) is 0 Å². The first-order chi connectivity index (χ1) is 10.0. The number of benzene rings is 2. The van der Waals surface area contributed by atoms with Crippen LogP contribution < -0.4 is 10.6 Å². The summed E-state index contributed by atoms with van der Waals surface area (Å²) < 4.78 is 0.842. The largest absolute Gasteiger partial charge is 0.326 e. The Morgan fingerprint density at radius 1 is 1.24 bits per heavy atom. The SMILES string of the molecule is Cc1ccc(NC(=O)c2ccc3c(c2)CC(=O)N3)c(Br)c1. The van der Waals surface area contributed by atoms with Crippen molar-refractivity contribution in [1.29, 1.82) is 0 Å². The Morgan fingerprint density at radius 2 is 2.05 bits per heavy atom. The smallest absolute Gasteiger partial charge is 0.255 e. The van der Waals surface area contributed by atoms with Crippen molar-refractivity contribution < 1.29 is 9.59 Å². The quantitative estimate of drug-likeness (QED) is 0.875. The highest BCUT2D eigenvalue weighted by molar-refractivity contribution is 9.10. The Balaban J connectivity index is 1.83. The highest BCUT2D eigenvalue weighted by atomic mass is 79.9. The summed E-state index contributed by atoms with van der Waals surface area (Å²) in [4.78, 5) is 23.6. The summed E-state index contributed by atoms with van der Waals surface area (Å²) in [7, 11) is 0. The molecule has 0 atom stereocenters. The van der Waals surface area contributed by atoms with Crippen LogP contribution in [-0.2, 0) is 11.2 Å². The number of aryl methyl sites for hydroxylation is 1. The molecule has 4 nitrogen and oxygen atoms in total. The molecule has 0 saturated carbocycles. The Kier molecular flexibility index (Phi) is 3.51. The molecule has 0 aromatic heterocycles. The molecule has 1 aliphatic rings. The van der Waals surface area contributed by atoms with Crippen molar-refractivity contribution in [3.05, 3.63) is 57.6 Å². The van der Waals surface area contributed by atoms with Crippen LogP contribution in [0.3, 0.4) is 0 Å². The lowest BCUT2D eigenvalue weighted by atomic mass is 10.1. The van der Waals surface area contributed by atoms with Crippen molar-refractivity contribution in [2.24, 2.45) is 0 Å². The topological polar surface area (TPSA) is 58.2 Å². The number of halogens is 1. The number of carbonyl (C=O) groups excluding carboxylic acids is 2. The monoisotopic (exact) mass is 344 g/mol. The molecule has 0 radical (unpaired) electrons. The van der Waals surface area contributed by atoms with E-state index in [1.807, 2.05) is 25.1 Å².